The average Bonchev–Trinajstić information content (AvgIpc) is 2.55. The second kappa shape index (κ2) is 11.1. The summed E-state index contributed by atoms with van der Waals surface area (Å²) in [6.45, 7) is 0.714. The molecule has 1 aliphatic heterocycles. The average molecular weight is 416 g/mol. The molecule has 0 bridgehead atoms. The molecule has 1 aliphatic rings. The number of hydrogen-bond acceptors (Lipinski definition) is 10. The first kappa shape index (κ1) is 25.2. The summed E-state index contributed by atoms with van der Waals surface area (Å²) in [5.74, 6) is -1.25. The van der Waals surface area contributed by atoms with Crippen LogP contribution < -0.4 is 11.1 Å². The molecule has 1 amide bonds. The minimum absolute atomic E-state index is 0.145. The summed E-state index contributed by atoms with van der Waals surface area (Å²) >= 11 is 0. The van der Waals surface area contributed by atoms with Crippen LogP contribution in [0.3, 0.4) is 0 Å². The number of aliphatic hydroxyl groups is 2. The zero-order valence-electron chi connectivity index (χ0n) is 14.8. The number of esters is 1. The summed E-state index contributed by atoms with van der Waals surface area (Å²) in [4.78, 5) is 23.0. The second-order valence-corrected chi connectivity index (χ2v) is 6.20. The summed E-state index contributed by atoms with van der Waals surface area (Å²) in [5.41, 5.74) is 5.96. The Hall–Kier alpha value is -1.81. The van der Waals surface area contributed by atoms with Crippen molar-refractivity contribution in [2.45, 2.75) is 37.3 Å². The molecule has 0 radical (unpaired) electrons. The maximum atomic E-state index is 11.6. The van der Waals surface area contributed by atoms with Crippen molar-refractivity contribution < 1.29 is 51.5 Å². The van der Waals surface area contributed by atoms with Crippen molar-refractivity contribution in [1.82, 2.24) is 5.32 Å². The van der Waals surface area contributed by atoms with Crippen molar-refractivity contribution in [1.29, 1.82) is 0 Å². The predicted molar refractivity (Wildman–Crippen MR) is 88.6 cm³/mol. The van der Waals surface area contributed by atoms with E-state index in [1.54, 1.807) is 0 Å². The Morgan fingerprint density at radius 2 is 1.89 bits per heavy atom. The third kappa shape index (κ3) is 9.09. The quantitative estimate of drug-likeness (QED) is 0.188. The van der Waals surface area contributed by atoms with E-state index in [2.05, 4.69) is 10.1 Å². The number of ether oxygens (including phenoxy) is 3. The van der Waals surface area contributed by atoms with Gasteiger partial charge in [0.25, 0.3) is 0 Å². The molecular formula is C13H24N2O11S. The Bertz CT molecular complexity index is 628. The van der Waals surface area contributed by atoms with E-state index in [-0.39, 0.29) is 11.7 Å². The van der Waals surface area contributed by atoms with Crippen LogP contribution in [0.4, 0.5) is 0 Å². The molecule has 1 rings (SSSR count). The first-order valence-corrected chi connectivity index (χ1v) is 8.76. The third-order valence-electron chi connectivity index (χ3n) is 3.29. The van der Waals surface area contributed by atoms with Gasteiger partial charge in [0.05, 0.1) is 25.8 Å². The van der Waals surface area contributed by atoms with E-state index in [9.17, 15) is 14.7 Å². The van der Waals surface area contributed by atoms with E-state index < -0.39 is 53.4 Å². The van der Waals surface area contributed by atoms with E-state index in [4.69, 9.17) is 37.8 Å². The van der Waals surface area contributed by atoms with Crippen molar-refractivity contribution in [2.75, 3.05) is 20.8 Å². The molecule has 0 fully saturated rings. The molecule has 0 aliphatic carbocycles. The minimum atomic E-state index is -4.67. The standard InChI is InChI=1S/C13H22N2O7.H2O4S/c1-6(17)15-10-7(14)4-9(13(19)21-3)22-12(10)11(20-2)8(18)5-16;1-5(2,3)4/h4,7-8,10-12,16,18H,5,14H2,1-3H3,(H,15,17);(H2,1,2,3,4)/t7-,8?,10+,11?,12+;/m0./s1. The van der Waals surface area contributed by atoms with Gasteiger partial charge in [-0.1, -0.05) is 0 Å². The van der Waals surface area contributed by atoms with Gasteiger partial charge in [-0.05, 0) is 6.08 Å². The molecule has 0 aromatic rings. The Balaban J connectivity index is 0.00000119. The number of carbonyl (C=O) groups excluding carboxylic acids is 2. The van der Waals surface area contributed by atoms with E-state index >= 15 is 0 Å². The van der Waals surface area contributed by atoms with Gasteiger partial charge in [0.2, 0.25) is 11.7 Å². The zero-order chi connectivity index (χ0) is 21.4. The highest BCUT2D eigenvalue weighted by Gasteiger charge is 2.43. The molecule has 7 N–H and O–H groups in total. The molecule has 0 aromatic carbocycles. The summed E-state index contributed by atoms with van der Waals surface area (Å²) in [6.07, 6.45) is -1.96. The van der Waals surface area contributed by atoms with Crippen LogP contribution in [0.1, 0.15) is 6.92 Å². The molecule has 0 aromatic heterocycles. The van der Waals surface area contributed by atoms with E-state index in [0.29, 0.717) is 0 Å². The highest BCUT2D eigenvalue weighted by Crippen LogP contribution is 2.24. The van der Waals surface area contributed by atoms with Crippen molar-refractivity contribution in [3.63, 3.8) is 0 Å². The van der Waals surface area contributed by atoms with Crippen LogP contribution in [0.5, 0.6) is 0 Å². The van der Waals surface area contributed by atoms with Gasteiger partial charge < -0.3 is 35.5 Å². The second-order valence-electron chi connectivity index (χ2n) is 5.31. The van der Waals surface area contributed by atoms with Crippen LogP contribution >= 0.6 is 0 Å². The van der Waals surface area contributed by atoms with Crippen LogP contribution in [0.25, 0.3) is 0 Å². The first-order chi connectivity index (χ1) is 12.3. The van der Waals surface area contributed by atoms with Gasteiger partial charge in [0.15, 0.2) is 0 Å². The van der Waals surface area contributed by atoms with Crippen molar-refractivity contribution in [3.05, 3.63) is 11.8 Å². The number of amides is 1. The van der Waals surface area contributed by atoms with Crippen LogP contribution in [0, 0.1) is 0 Å². The minimum Gasteiger partial charge on any atom is -0.478 e. The smallest absolute Gasteiger partial charge is 0.394 e. The van der Waals surface area contributed by atoms with Crippen molar-refractivity contribution in [3.8, 4) is 0 Å². The number of aliphatic hydroxyl groups excluding tert-OH is 2. The number of nitrogens with one attached hydrogen (secondary N) is 1. The summed E-state index contributed by atoms with van der Waals surface area (Å²) in [5, 5.41) is 21.6. The molecule has 0 spiro atoms. The Morgan fingerprint density at radius 3 is 2.26 bits per heavy atom. The van der Waals surface area contributed by atoms with Gasteiger partial charge in [-0.15, -0.1) is 0 Å². The van der Waals surface area contributed by atoms with Gasteiger partial charge in [0, 0.05) is 14.0 Å². The van der Waals surface area contributed by atoms with E-state index in [0.717, 1.165) is 0 Å². The molecule has 13 nitrogen and oxygen atoms in total. The van der Waals surface area contributed by atoms with Crippen LogP contribution in [0.15, 0.2) is 11.8 Å². The molecule has 2 unspecified atom stereocenters. The molecule has 158 valence electrons. The predicted octanol–water partition coefficient (Wildman–Crippen LogP) is -3.01. The molecule has 5 atom stereocenters. The van der Waals surface area contributed by atoms with Crippen LogP contribution in [0.2, 0.25) is 0 Å². The molecule has 0 saturated carbocycles. The largest absolute Gasteiger partial charge is 0.478 e. The molecule has 27 heavy (non-hydrogen) atoms. The Labute approximate surface area is 155 Å². The highest BCUT2D eigenvalue weighted by atomic mass is 32.3. The fourth-order valence-electron chi connectivity index (χ4n) is 2.27. The van der Waals surface area contributed by atoms with Gasteiger partial charge in [-0.3, -0.25) is 13.9 Å². The van der Waals surface area contributed by atoms with E-state index in [1.165, 1.54) is 27.2 Å². The lowest BCUT2D eigenvalue weighted by molar-refractivity contribution is -0.151. The van der Waals surface area contributed by atoms with Crippen molar-refractivity contribution in [2.24, 2.45) is 5.73 Å². The number of nitrogens with two attached hydrogens (primary N) is 1. The topological polar surface area (TPSA) is 215 Å². The highest BCUT2D eigenvalue weighted by molar-refractivity contribution is 7.79. The molecular weight excluding hydrogens is 392 g/mol. The normalized spacial score (nSPS) is 24.3. The maximum Gasteiger partial charge on any atom is 0.394 e. The molecule has 14 heteroatoms. The number of rotatable bonds is 6. The number of carbonyl (C=O) groups is 2. The van der Waals surface area contributed by atoms with Crippen molar-refractivity contribution >= 4 is 22.3 Å². The van der Waals surface area contributed by atoms with Gasteiger partial charge >= 0.3 is 16.4 Å². The van der Waals surface area contributed by atoms with Gasteiger partial charge in [-0.25, -0.2) is 4.79 Å². The third-order valence-corrected chi connectivity index (χ3v) is 3.29. The van der Waals surface area contributed by atoms with Crippen LogP contribution in [-0.4, -0.2) is 90.8 Å². The van der Waals surface area contributed by atoms with Crippen LogP contribution in [-0.2, 0) is 34.2 Å². The Morgan fingerprint density at radius 1 is 1.37 bits per heavy atom. The van der Waals surface area contributed by atoms with Gasteiger partial charge in [0.1, 0.15) is 18.3 Å². The van der Waals surface area contributed by atoms with E-state index in [1.807, 2.05) is 0 Å². The lowest BCUT2D eigenvalue weighted by atomic mass is 9.92. The zero-order valence-corrected chi connectivity index (χ0v) is 15.6. The summed E-state index contributed by atoms with van der Waals surface area (Å²) in [6, 6.07) is -1.52. The monoisotopic (exact) mass is 416 g/mol. The summed E-state index contributed by atoms with van der Waals surface area (Å²) < 4.78 is 46.8. The molecule has 1 heterocycles. The maximum absolute atomic E-state index is 11.6. The fraction of sp³-hybridized carbons (Fsp3) is 0.692. The number of methoxy groups -OCH3 is 2. The first-order valence-electron chi connectivity index (χ1n) is 7.36. The lowest BCUT2D eigenvalue weighted by Gasteiger charge is -2.40. The number of hydrogen-bond donors (Lipinski definition) is 6. The van der Waals surface area contributed by atoms with Gasteiger partial charge in [-0.2, -0.15) is 8.42 Å². The molecule has 0 saturated heterocycles. The Kier molecular flexibility index (Phi) is 10.4. The fourth-order valence-corrected chi connectivity index (χ4v) is 2.27. The lowest BCUT2D eigenvalue weighted by Crippen LogP contribution is -2.62. The summed E-state index contributed by atoms with van der Waals surface area (Å²) in [7, 11) is -2.18. The SMILES string of the molecule is COC(=O)C1=C[C@H](N)[C@@H](NC(C)=O)[C@H](C(OC)C(O)CO)O1.O=S(=O)(O)O.